The van der Waals surface area contributed by atoms with Crippen molar-refractivity contribution in [3.05, 3.63) is 35.4 Å². The average Bonchev–Trinajstić information content (AvgIpc) is 2.33. The van der Waals surface area contributed by atoms with Gasteiger partial charge in [0, 0.05) is 17.5 Å². The maximum atomic E-state index is 12.5. The first kappa shape index (κ1) is 15.8. The van der Waals surface area contributed by atoms with Gasteiger partial charge in [-0.25, -0.2) is 0 Å². The minimum absolute atomic E-state index is 0.00810. The van der Waals surface area contributed by atoms with Crippen LogP contribution in [0, 0.1) is 0 Å². The monoisotopic (exact) mass is 293 g/mol. The van der Waals surface area contributed by atoms with Crippen LogP contribution in [0.3, 0.4) is 0 Å². The van der Waals surface area contributed by atoms with Crippen molar-refractivity contribution in [3.63, 3.8) is 0 Å². The van der Waals surface area contributed by atoms with Gasteiger partial charge in [-0.15, -0.1) is 11.6 Å². The van der Waals surface area contributed by atoms with Gasteiger partial charge in [0.2, 0.25) is 0 Å². The molecule has 1 rings (SSSR count). The normalized spacial score (nSPS) is 13.1. The largest absolute Gasteiger partial charge is 0.416 e. The van der Waals surface area contributed by atoms with Gasteiger partial charge in [0.25, 0.3) is 5.91 Å². The number of alkyl halides is 4. The summed E-state index contributed by atoms with van der Waals surface area (Å²) >= 11 is 5.74. The van der Waals surface area contributed by atoms with Crippen LogP contribution in [0.15, 0.2) is 24.3 Å². The molecule has 2 nitrogen and oxygen atoms in total. The molecule has 0 saturated heterocycles. The first-order chi connectivity index (χ1) is 8.80. The van der Waals surface area contributed by atoms with Gasteiger partial charge in [0.15, 0.2) is 0 Å². The van der Waals surface area contributed by atoms with Crippen LogP contribution in [0.5, 0.6) is 0 Å². The number of hydrogen-bond donors (Lipinski definition) is 1. The van der Waals surface area contributed by atoms with Crippen LogP contribution in [0.2, 0.25) is 0 Å². The second kappa shape index (κ2) is 6.80. The van der Waals surface area contributed by atoms with E-state index in [1.807, 2.05) is 6.92 Å². The van der Waals surface area contributed by atoms with Crippen LogP contribution in [0.25, 0.3) is 0 Å². The highest BCUT2D eigenvalue weighted by molar-refractivity contribution is 6.20. The Labute approximate surface area is 114 Å². The summed E-state index contributed by atoms with van der Waals surface area (Å²) in [6.07, 6.45) is -3.01. The third kappa shape index (κ3) is 5.51. The van der Waals surface area contributed by atoms with Gasteiger partial charge in [-0.05, 0) is 38.0 Å². The number of carbonyl (C=O) groups is 1. The molecule has 19 heavy (non-hydrogen) atoms. The topological polar surface area (TPSA) is 29.1 Å². The van der Waals surface area contributed by atoms with E-state index in [0.29, 0.717) is 13.0 Å². The molecule has 0 saturated carbocycles. The summed E-state index contributed by atoms with van der Waals surface area (Å²) in [5.74, 6) is -0.506. The van der Waals surface area contributed by atoms with Crippen molar-refractivity contribution in [1.82, 2.24) is 5.32 Å². The second-order valence-corrected chi connectivity index (χ2v) is 5.00. The Kier molecular flexibility index (Phi) is 5.66. The molecule has 0 fully saturated rings. The molecule has 0 heterocycles. The molecule has 0 radical (unpaired) electrons. The summed E-state index contributed by atoms with van der Waals surface area (Å²) in [5.41, 5.74) is -0.816. The molecule has 0 aliphatic heterocycles. The van der Waals surface area contributed by atoms with Gasteiger partial charge >= 0.3 is 6.18 Å². The lowest BCUT2D eigenvalue weighted by Crippen LogP contribution is -2.25. The van der Waals surface area contributed by atoms with Crippen molar-refractivity contribution in [2.75, 3.05) is 6.54 Å². The maximum absolute atomic E-state index is 12.5. The molecule has 1 aromatic rings. The van der Waals surface area contributed by atoms with Crippen LogP contribution in [-0.4, -0.2) is 17.8 Å². The number of rotatable bonds is 5. The highest BCUT2D eigenvalue weighted by Crippen LogP contribution is 2.29. The average molecular weight is 294 g/mol. The number of amides is 1. The summed E-state index contributed by atoms with van der Waals surface area (Å²) in [5, 5.41) is 2.59. The Morgan fingerprint density at radius 2 is 2.11 bits per heavy atom. The third-order valence-electron chi connectivity index (χ3n) is 2.52. The number of nitrogens with one attached hydrogen (secondary N) is 1. The molecule has 0 aliphatic carbocycles. The highest BCUT2D eigenvalue weighted by Gasteiger charge is 2.30. The zero-order valence-corrected chi connectivity index (χ0v) is 11.2. The smallest absolute Gasteiger partial charge is 0.352 e. The van der Waals surface area contributed by atoms with E-state index in [0.717, 1.165) is 18.6 Å². The summed E-state index contributed by atoms with van der Waals surface area (Å²) in [7, 11) is 0. The Hall–Kier alpha value is -1.23. The van der Waals surface area contributed by atoms with Crippen molar-refractivity contribution >= 4 is 17.5 Å². The predicted octanol–water partition coefficient (Wildman–Crippen LogP) is 3.84. The van der Waals surface area contributed by atoms with E-state index < -0.39 is 17.6 Å². The van der Waals surface area contributed by atoms with Crippen LogP contribution < -0.4 is 5.32 Å². The van der Waals surface area contributed by atoms with Crippen molar-refractivity contribution in [3.8, 4) is 0 Å². The van der Waals surface area contributed by atoms with Crippen LogP contribution >= 0.6 is 11.6 Å². The summed E-state index contributed by atoms with van der Waals surface area (Å²) in [6.45, 7) is 2.24. The van der Waals surface area contributed by atoms with E-state index in [-0.39, 0.29) is 10.9 Å². The fraction of sp³-hybridized carbons (Fsp3) is 0.462. The zero-order valence-electron chi connectivity index (χ0n) is 10.4. The first-order valence-corrected chi connectivity index (χ1v) is 6.34. The lowest BCUT2D eigenvalue weighted by atomic mass is 10.1. The van der Waals surface area contributed by atoms with E-state index >= 15 is 0 Å². The number of halogens is 4. The van der Waals surface area contributed by atoms with Crippen molar-refractivity contribution in [2.45, 2.75) is 31.3 Å². The molecule has 6 heteroatoms. The fourth-order valence-corrected chi connectivity index (χ4v) is 1.68. The Morgan fingerprint density at radius 1 is 1.42 bits per heavy atom. The van der Waals surface area contributed by atoms with Gasteiger partial charge in [-0.2, -0.15) is 13.2 Å². The molecular formula is C13H15ClF3NO. The standard InChI is InChI=1S/C13H15ClF3NO/c1-9(14)4-3-7-18-12(19)10-5-2-6-11(8-10)13(15,16)17/h2,5-6,8-9H,3-4,7H2,1H3,(H,18,19). The lowest BCUT2D eigenvalue weighted by molar-refractivity contribution is -0.137. The quantitative estimate of drug-likeness (QED) is 0.648. The minimum Gasteiger partial charge on any atom is -0.352 e. The SMILES string of the molecule is CC(Cl)CCCNC(=O)c1cccc(C(F)(F)F)c1. The van der Waals surface area contributed by atoms with E-state index in [9.17, 15) is 18.0 Å². The molecule has 106 valence electrons. The van der Waals surface area contributed by atoms with E-state index in [1.165, 1.54) is 12.1 Å². The summed E-state index contributed by atoms with van der Waals surface area (Å²) in [4.78, 5) is 11.7. The van der Waals surface area contributed by atoms with Crippen LogP contribution in [-0.2, 0) is 6.18 Å². The van der Waals surface area contributed by atoms with Crippen molar-refractivity contribution in [2.24, 2.45) is 0 Å². The van der Waals surface area contributed by atoms with Crippen molar-refractivity contribution < 1.29 is 18.0 Å². The molecule has 0 spiro atoms. The molecule has 0 bridgehead atoms. The molecule has 1 N–H and O–H groups in total. The maximum Gasteiger partial charge on any atom is 0.416 e. The Bertz CT molecular complexity index is 432. The third-order valence-corrected chi connectivity index (χ3v) is 2.73. The van der Waals surface area contributed by atoms with Gasteiger partial charge < -0.3 is 5.32 Å². The van der Waals surface area contributed by atoms with Gasteiger partial charge in [0.05, 0.1) is 5.56 Å². The van der Waals surface area contributed by atoms with E-state index in [4.69, 9.17) is 11.6 Å². The number of benzene rings is 1. The van der Waals surface area contributed by atoms with Gasteiger partial charge in [0.1, 0.15) is 0 Å². The van der Waals surface area contributed by atoms with E-state index in [1.54, 1.807) is 0 Å². The lowest BCUT2D eigenvalue weighted by Gasteiger charge is -2.09. The van der Waals surface area contributed by atoms with Gasteiger partial charge in [-0.3, -0.25) is 4.79 Å². The predicted molar refractivity (Wildman–Crippen MR) is 68.3 cm³/mol. The molecule has 1 unspecified atom stereocenters. The molecule has 1 atom stereocenters. The first-order valence-electron chi connectivity index (χ1n) is 5.90. The summed E-state index contributed by atoms with van der Waals surface area (Å²) in [6, 6.07) is 4.36. The van der Waals surface area contributed by atoms with Crippen LogP contribution in [0.1, 0.15) is 35.7 Å². The molecule has 0 aliphatic rings. The van der Waals surface area contributed by atoms with Crippen molar-refractivity contribution in [1.29, 1.82) is 0 Å². The molecule has 0 aromatic heterocycles. The molecule has 1 amide bonds. The molecule has 1 aromatic carbocycles. The minimum atomic E-state index is -4.44. The van der Waals surface area contributed by atoms with Crippen LogP contribution in [0.4, 0.5) is 13.2 Å². The van der Waals surface area contributed by atoms with E-state index in [2.05, 4.69) is 5.32 Å². The second-order valence-electron chi connectivity index (χ2n) is 4.26. The molecular weight excluding hydrogens is 279 g/mol. The number of carbonyl (C=O) groups excluding carboxylic acids is 1. The highest BCUT2D eigenvalue weighted by atomic mass is 35.5. The Morgan fingerprint density at radius 3 is 2.68 bits per heavy atom. The number of hydrogen-bond acceptors (Lipinski definition) is 1. The van der Waals surface area contributed by atoms with Gasteiger partial charge in [-0.1, -0.05) is 6.07 Å². The fourth-order valence-electron chi connectivity index (χ4n) is 1.52. The Balaban J connectivity index is 2.58. The zero-order chi connectivity index (χ0) is 14.5. The summed E-state index contributed by atoms with van der Waals surface area (Å²) < 4.78 is 37.4.